The van der Waals surface area contributed by atoms with Gasteiger partial charge in [0.2, 0.25) is 0 Å². The van der Waals surface area contributed by atoms with Crippen LogP contribution in [0.3, 0.4) is 0 Å². The first-order chi connectivity index (χ1) is 8.69. The molecule has 0 amide bonds. The van der Waals surface area contributed by atoms with Crippen LogP contribution in [0.2, 0.25) is 6.04 Å². The van der Waals surface area contributed by atoms with Crippen LogP contribution in [0.5, 0.6) is 0 Å². The number of aryl methyl sites for hydroxylation is 2. The lowest BCUT2D eigenvalue weighted by Gasteiger charge is -2.24. The van der Waals surface area contributed by atoms with Crippen molar-refractivity contribution >= 4 is 8.80 Å². The minimum atomic E-state index is -2.43. The third-order valence-corrected chi connectivity index (χ3v) is 5.94. The molecule has 3 nitrogen and oxygen atoms in total. The zero-order valence-corrected chi connectivity index (χ0v) is 12.9. The standard InChI is InChI=1S/C14H24O3Si/c1-5-6-13-7-9-14(10-8-13)11-12-18(15-2,16-3)17-4/h7-10H,5-6,11-12H2,1-4H3. The van der Waals surface area contributed by atoms with Crippen LogP contribution in [0.25, 0.3) is 0 Å². The first-order valence-electron chi connectivity index (χ1n) is 6.43. The molecule has 4 heteroatoms. The van der Waals surface area contributed by atoms with E-state index >= 15 is 0 Å². The molecule has 0 saturated carbocycles. The molecule has 0 spiro atoms. The average Bonchev–Trinajstić information content (AvgIpc) is 2.43. The van der Waals surface area contributed by atoms with Crippen molar-refractivity contribution in [1.82, 2.24) is 0 Å². The van der Waals surface area contributed by atoms with Gasteiger partial charge < -0.3 is 13.3 Å². The molecule has 1 aromatic carbocycles. The fourth-order valence-electron chi connectivity index (χ4n) is 2.01. The summed E-state index contributed by atoms with van der Waals surface area (Å²) in [5, 5.41) is 0. The Morgan fingerprint density at radius 1 is 0.833 bits per heavy atom. The first kappa shape index (κ1) is 15.4. The van der Waals surface area contributed by atoms with Gasteiger partial charge in [-0.05, 0) is 24.0 Å². The van der Waals surface area contributed by atoms with E-state index in [2.05, 4.69) is 31.2 Å². The van der Waals surface area contributed by atoms with Crippen molar-refractivity contribution in [1.29, 1.82) is 0 Å². The number of hydrogen-bond acceptors (Lipinski definition) is 3. The summed E-state index contributed by atoms with van der Waals surface area (Å²) in [5.74, 6) is 0. The van der Waals surface area contributed by atoms with E-state index < -0.39 is 8.80 Å². The molecule has 0 saturated heterocycles. The van der Waals surface area contributed by atoms with E-state index in [9.17, 15) is 0 Å². The Morgan fingerprint density at radius 2 is 1.28 bits per heavy atom. The van der Waals surface area contributed by atoms with Gasteiger partial charge in [-0.15, -0.1) is 0 Å². The predicted molar refractivity (Wildman–Crippen MR) is 75.7 cm³/mol. The summed E-state index contributed by atoms with van der Waals surface area (Å²) in [7, 11) is 2.54. The second-order valence-electron chi connectivity index (χ2n) is 4.36. The summed E-state index contributed by atoms with van der Waals surface area (Å²) >= 11 is 0. The lowest BCUT2D eigenvalue weighted by atomic mass is 10.1. The van der Waals surface area contributed by atoms with Gasteiger partial charge >= 0.3 is 8.80 Å². The molecule has 1 rings (SSSR count). The number of benzene rings is 1. The molecule has 0 bridgehead atoms. The third kappa shape index (κ3) is 4.21. The maximum Gasteiger partial charge on any atom is 0.500 e. The topological polar surface area (TPSA) is 27.7 Å². The highest BCUT2D eigenvalue weighted by atomic mass is 28.4. The molecule has 0 heterocycles. The summed E-state index contributed by atoms with van der Waals surface area (Å²) < 4.78 is 16.2. The molecule has 0 aliphatic heterocycles. The van der Waals surface area contributed by atoms with Crippen molar-refractivity contribution in [3.63, 3.8) is 0 Å². The van der Waals surface area contributed by atoms with Crippen molar-refractivity contribution in [2.75, 3.05) is 21.3 Å². The quantitative estimate of drug-likeness (QED) is 0.678. The van der Waals surface area contributed by atoms with E-state index in [1.54, 1.807) is 21.3 Å². The average molecular weight is 268 g/mol. The van der Waals surface area contributed by atoms with Crippen LogP contribution in [-0.2, 0) is 26.1 Å². The number of hydrogen-bond donors (Lipinski definition) is 0. The molecule has 0 aliphatic rings. The Balaban J connectivity index is 2.57. The van der Waals surface area contributed by atoms with Gasteiger partial charge in [-0.25, -0.2) is 0 Å². The third-order valence-electron chi connectivity index (χ3n) is 3.21. The molecule has 0 atom stereocenters. The van der Waals surface area contributed by atoms with E-state index in [1.165, 1.54) is 17.5 Å². The van der Waals surface area contributed by atoms with Crippen LogP contribution in [0.15, 0.2) is 24.3 Å². The van der Waals surface area contributed by atoms with Gasteiger partial charge in [0.15, 0.2) is 0 Å². The summed E-state index contributed by atoms with van der Waals surface area (Å²) in [5.41, 5.74) is 2.70. The highest BCUT2D eigenvalue weighted by Gasteiger charge is 2.36. The number of rotatable bonds is 8. The lowest BCUT2D eigenvalue weighted by Crippen LogP contribution is -2.43. The van der Waals surface area contributed by atoms with Crippen molar-refractivity contribution in [3.8, 4) is 0 Å². The smallest absolute Gasteiger partial charge is 0.377 e. The normalized spacial score (nSPS) is 11.8. The molecule has 0 aliphatic carbocycles. The zero-order chi connectivity index (χ0) is 13.4. The molecule has 0 unspecified atom stereocenters. The highest BCUT2D eigenvalue weighted by Crippen LogP contribution is 2.17. The molecule has 0 N–H and O–H groups in total. The second kappa shape index (κ2) is 7.69. The SMILES string of the molecule is CCCc1ccc(CC[Si](OC)(OC)OC)cc1. The molecule has 0 fully saturated rings. The molecule has 18 heavy (non-hydrogen) atoms. The zero-order valence-electron chi connectivity index (χ0n) is 11.9. The molecule has 0 aromatic heterocycles. The second-order valence-corrected chi connectivity index (χ2v) is 7.45. The lowest BCUT2D eigenvalue weighted by molar-refractivity contribution is 0.123. The first-order valence-corrected chi connectivity index (χ1v) is 8.36. The Kier molecular flexibility index (Phi) is 6.57. The van der Waals surface area contributed by atoms with Gasteiger partial charge in [-0.2, -0.15) is 0 Å². The van der Waals surface area contributed by atoms with Crippen LogP contribution in [0.1, 0.15) is 24.5 Å². The fraction of sp³-hybridized carbons (Fsp3) is 0.571. The predicted octanol–water partition coefficient (Wildman–Crippen LogP) is 3.06. The van der Waals surface area contributed by atoms with E-state index in [0.29, 0.717) is 0 Å². The summed E-state index contributed by atoms with van der Waals surface area (Å²) in [4.78, 5) is 0. The maximum absolute atomic E-state index is 5.41. The van der Waals surface area contributed by atoms with E-state index in [1.807, 2.05) is 0 Å². The van der Waals surface area contributed by atoms with Gasteiger partial charge in [-0.3, -0.25) is 0 Å². The van der Waals surface area contributed by atoms with E-state index in [-0.39, 0.29) is 0 Å². The molecule has 0 radical (unpaired) electrons. The van der Waals surface area contributed by atoms with Crippen LogP contribution < -0.4 is 0 Å². The Morgan fingerprint density at radius 3 is 1.67 bits per heavy atom. The van der Waals surface area contributed by atoms with Crippen LogP contribution in [-0.4, -0.2) is 30.1 Å². The largest absolute Gasteiger partial charge is 0.500 e. The Hall–Kier alpha value is -0.683. The van der Waals surface area contributed by atoms with E-state index in [0.717, 1.165) is 18.9 Å². The monoisotopic (exact) mass is 268 g/mol. The summed E-state index contributed by atoms with van der Waals surface area (Å²) in [6.45, 7) is 2.20. The fourth-order valence-corrected chi connectivity index (χ4v) is 3.72. The minimum Gasteiger partial charge on any atom is -0.377 e. The van der Waals surface area contributed by atoms with Crippen molar-refractivity contribution < 1.29 is 13.3 Å². The van der Waals surface area contributed by atoms with Crippen molar-refractivity contribution in [2.24, 2.45) is 0 Å². The van der Waals surface area contributed by atoms with Gasteiger partial charge in [-0.1, -0.05) is 37.6 Å². The van der Waals surface area contributed by atoms with Gasteiger partial charge in [0.05, 0.1) is 0 Å². The van der Waals surface area contributed by atoms with Gasteiger partial charge in [0.1, 0.15) is 0 Å². The van der Waals surface area contributed by atoms with Crippen molar-refractivity contribution in [2.45, 2.75) is 32.2 Å². The highest BCUT2D eigenvalue weighted by molar-refractivity contribution is 6.60. The van der Waals surface area contributed by atoms with Gasteiger partial charge in [0.25, 0.3) is 0 Å². The summed E-state index contributed by atoms with van der Waals surface area (Å²) in [6, 6.07) is 9.59. The van der Waals surface area contributed by atoms with Gasteiger partial charge in [0, 0.05) is 27.4 Å². The maximum atomic E-state index is 5.41. The Labute approximate surface area is 111 Å². The molecular weight excluding hydrogens is 244 g/mol. The Bertz CT molecular complexity index is 325. The minimum absolute atomic E-state index is 0.809. The van der Waals surface area contributed by atoms with Crippen LogP contribution in [0, 0.1) is 0 Å². The molecular formula is C14H24O3Si. The molecule has 1 aromatic rings. The summed E-state index contributed by atoms with van der Waals surface area (Å²) in [6.07, 6.45) is 3.26. The molecule has 102 valence electrons. The van der Waals surface area contributed by atoms with E-state index in [4.69, 9.17) is 13.3 Å². The van der Waals surface area contributed by atoms with Crippen molar-refractivity contribution in [3.05, 3.63) is 35.4 Å². The van der Waals surface area contributed by atoms with Crippen LogP contribution in [0.4, 0.5) is 0 Å². The van der Waals surface area contributed by atoms with Crippen LogP contribution >= 0.6 is 0 Å².